The lowest BCUT2D eigenvalue weighted by atomic mass is 10.1. The van der Waals surface area contributed by atoms with Gasteiger partial charge in [-0.15, -0.1) is 0 Å². The SMILES string of the molecule is CN(Cc1ccc(C(N)=O)cc1)c1cnc2ccccc2n1. The monoisotopic (exact) mass is 292 g/mol. The minimum Gasteiger partial charge on any atom is -0.366 e. The second kappa shape index (κ2) is 5.81. The van der Waals surface area contributed by atoms with Crippen molar-refractivity contribution in [3.05, 3.63) is 65.9 Å². The van der Waals surface area contributed by atoms with Crippen LogP contribution in [0.4, 0.5) is 5.82 Å². The van der Waals surface area contributed by atoms with Gasteiger partial charge in [0, 0.05) is 19.2 Å². The summed E-state index contributed by atoms with van der Waals surface area (Å²) in [5, 5.41) is 0. The first-order chi connectivity index (χ1) is 10.6. The van der Waals surface area contributed by atoms with E-state index >= 15 is 0 Å². The summed E-state index contributed by atoms with van der Waals surface area (Å²) < 4.78 is 0. The highest BCUT2D eigenvalue weighted by atomic mass is 16.1. The van der Waals surface area contributed by atoms with Gasteiger partial charge in [-0.05, 0) is 29.8 Å². The maximum atomic E-state index is 11.1. The van der Waals surface area contributed by atoms with Crippen LogP contribution in [0.2, 0.25) is 0 Å². The molecule has 0 spiro atoms. The van der Waals surface area contributed by atoms with E-state index in [1.165, 1.54) is 0 Å². The number of benzene rings is 2. The van der Waals surface area contributed by atoms with Crippen molar-refractivity contribution < 1.29 is 4.79 Å². The zero-order chi connectivity index (χ0) is 15.5. The van der Waals surface area contributed by atoms with Crippen LogP contribution in [-0.4, -0.2) is 22.9 Å². The Kier molecular flexibility index (Phi) is 3.70. The maximum Gasteiger partial charge on any atom is 0.248 e. The molecule has 1 heterocycles. The number of carbonyl (C=O) groups is 1. The van der Waals surface area contributed by atoms with Crippen molar-refractivity contribution in [3.63, 3.8) is 0 Å². The Morgan fingerprint density at radius 2 is 1.77 bits per heavy atom. The van der Waals surface area contributed by atoms with Gasteiger partial charge in [0.05, 0.1) is 17.2 Å². The number of nitrogens with two attached hydrogens (primary N) is 1. The molecule has 0 saturated carbocycles. The van der Waals surface area contributed by atoms with E-state index < -0.39 is 5.91 Å². The van der Waals surface area contributed by atoms with Crippen molar-refractivity contribution in [1.82, 2.24) is 9.97 Å². The van der Waals surface area contributed by atoms with Crippen LogP contribution in [-0.2, 0) is 6.54 Å². The third kappa shape index (κ3) is 2.88. The predicted octanol–water partition coefficient (Wildman–Crippen LogP) is 2.37. The number of anilines is 1. The molecular formula is C17H16N4O. The average Bonchev–Trinajstić information content (AvgIpc) is 2.55. The number of carbonyl (C=O) groups excluding carboxylic acids is 1. The summed E-state index contributed by atoms with van der Waals surface area (Å²) in [6.45, 7) is 0.673. The molecule has 0 unspecified atom stereocenters. The molecule has 2 aromatic carbocycles. The quantitative estimate of drug-likeness (QED) is 0.801. The highest BCUT2D eigenvalue weighted by Gasteiger charge is 2.06. The number of aromatic nitrogens is 2. The summed E-state index contributed by atoms with van der Waals surface area (Å²) in [6, 6.07) is 15.0. The molecule has 5 nitrogen and oxygen atoms in total. The van der Waals surface area contributed by atoms with Gasteiger partial charge in [0.25, 0.3) is 0 Å². The largest absolute Gasteiger partial charge is 0.366 e. The van der Waals surface area contributed by atoms with Gasteiger partial charge in [-0.1, -0.05) is 24.3 Å². The number of amides is 1. The number of nitrogens with zero attached hydrogens (tertiary/aromatic N) is 3. The molecule has 1 amide bonds. The van der Waals surface area contributed by atoms with Crippen LogP contribution in [0.15, 0.2) is 54.7 Å². The van der Waals surface area contributed by atoms with Crippen LogP contribution in [0.1, 0.15) is 15.9 Å². The third-order valence-electron chi connectivity index (χ3n) is 3.49. The van der Waals surface area contributed by atoms with E-state index in [9.17, 15) is 4.79 Å². The number of hydrogen-bond donors (Lipinski definition) is 1. The van der Waals surface area contributed by atoms with E-state index in [0.717, 1.165) is 22.4 Å². The lowest BCUT2D eigenvalue weighted by molar-refractivity contribution is 0.100. The van der Waals surface area contributed by atoms with E-state index in [2.05, 4.69) is 9.97 Å². The molecule has 0 saturated heterocycles. The van der Waals surface area contributed by atoms with E-state index in [0.29, 0.717) is 12.1 Å². The van der Waals surface area contributed by atoms with Crippen molar-refractivity contribution in [2.45, 2.75) is 6.54 Å². The Morgan fingerprint density at radius 1 is 1.09 bits per heavy atom. The van der Waals surface area contributed by atoms with Crippen molar-refractivity contribution in [3.8, 4) is 0 Å². The summed E-state index contributed by atoms with van der Waals surface area (Å²) in [7, 11) is 1.96. The molecule has 5 heteroatoms. The van der Waals surface area contributed by atoms with Gasteiger partial charge in [0.1, 0.15) is 5.82 Å². The number of fused-ring (bicyclic) bond motifs is 1. The van der Waals surface area contributed by atoms with Crippen LogP contribution in [0.5, 0.6) is 0 Å². The molecule has 0 aliphatic carbocycles. The van der Waals surface area contributed by atoms with Gasteiger partial charge in [0.15, 0.2) is 0 Å². The Bertz CT molecular complexity index is 814. The Balaban J connectivity index is 1.80. The number of hydrogen-bond acceptors (Lipinski definition) is 4. The molecule has 0 atom stereocenters. The topological polar surface area (TPSA) is 72.1 Å². The highest BCUT2D eigenvalue weighted by molar-refractivity contribution is 5.92. The van der Waals surface area contributed by atoms with Crippen molar-refractivity contribution in [2.75, 3.05) is 11.9 Å². The first kappa shape index (κ1) is 14.0. The van der Waals surface area contributed by atoms with Gasteiger partial charge >= 0.3 is 0 Å². The minimum absolute atomic E-state index is 0.416. The second-order valence-corrected chi connectivity index (χ2v) is 5.13. The molecule has 3 aromatic rings. The molecular weight excluding hydrogens is 276 g/mol. The molecule has 0 radical (unpaired) electrons. The molecule has 0 fully saturated rings. The standard InChI is InChI=1S/C17H16N4O/c1-21(11-12-6-8-13(9-7-12)17(18)22)16-10-19-14-4-2-3-5-15(14)20-16/h2-10H,11H2,1H3,(H2,18,22). The lowest BCUT2D eigenvalue weighted by Gasteiger charge is -2.18. The van der Waals surface area contributed by atoms with E-state index in [-0.39, 0.29) is 0 Å². The fraction of sp³-hybridized carbons (Fsp3) is 0.118. The minimum atomic E-state index is -0.416. The van der Waals surface area contributed by atoms with Crippen molar-refractivity contribution >= 4 is 22.8 Å². The Labute approximate surface area is 128 Å². The van der Waals surface area contributed by atoms with Crippen LogP contribution < -0.4 is 10.6 Å². The van der Waals surface area contributed by atoms with E-state index in [4.69, 9.17) is 5.73 Å². The van der Waals surface area contributed by atoms with E-state index in [1.54, 1.807) is 18.3 Å². The molecule has 110 valence electrons. The molecule has 0 bridgehead atoms. The number of para-hydroxylation sites is 2. The molecule has 1 aromatic heterocycles. The first-order valence-electron chi connectivity index (χ1n) is 6.95. The van der Waals surface area contributed by atoms with Gasteiger partial charge in [-0.2, -0.15) is 0 Å². The van der Waals surface area contributed by atoms with E-state index in [1.807, 2.05) is 48.3 Å². The number of primary amides is 1. The Hall–Kier alpha value is -2.95. The van der Waals surface area contributed by atoms with Crippen LogP contribution >= 0.6 is 0 Å². The van der Waals surface area contributed by atoms with Gasteiger partial charge in [0.2, 0.25) is 5.91 Å². The third-order valence-corrected chi connectivity index (χ3v) is 3.49. The van der Waals surface area contributed by atoms with Crippen molar-refractivity contribution in [1.29, 1.82) is 0 Å². The fourth-order valence-corrected chi connectivity index (χ4v) is 2.26. The zero-order valence-corrected chi connectivity index (χ0v) is 12.2. The summed E-state index contributed by atoms with van der Waals surface area (Å²) in [5.41, 5.74) is 8.58. The second-order valence-electron chi connectivity index (χ2n) is 5.13. The van der Waals surface area contributed by atoms with Crippen molar-refractivity contribution in [2.24, 2.45) is 5.73 Å². The normalized spacial score (nSPS) is 10.6. The average molecular weight is 292 g/mol. The summed E-state index contributed by atoms with van der Waals surface area (Å²) in [4.78, 5) is 22.1. The van der Waals surface area contributed by atoms with Crippen LogP contribution in [0.25, 0.3) is 11.0 Å². The summed E-state index contributed by atoms with van der Waals surface area (Å²) >= 11 is 0. The molecule has 0 aliphatic heterocycles. The zero-order valence-electron chi connectivity index (χ0n) is 12.2. The number of rotatable bonds is 4. The highest BCUT2D eigenvalue weighted by Crippen LogP contribution is 2.16. The van der Waals surface area contributed by atoms with Crippen LogP contribution in [0, 0.1) is 0 Å². The molecule has 2 N–H and O–H groups in total. The smallest absolute Gasteiger partial charge is 0.248 e. The molecule has 0 aliphatic rings. The first-order valence-corrected chi connectivity index (χ1v) is 6.95. The van der Waals surface area contributed by atoms with Gasteiger partial charge in [-0.25, -0.2) is 4.98 Å². The maximum absolute atomic E-state index is 11.1. The summed E-state index contributed by atoms with van der Waals surface area (Å²) in [5.74, 6) is 0.387. The Morgan fingerprint density at radius 3 is 2.45 bits per heavy atom. The van der Waals surface area contributed by atoms with Gasteiger partial charge in [-0.3, -0.25) is 9.78 Å². The van der Waals surface area contributed by atoms with Crippen LogP contribution in [0.3, 0.4) is 0 Å². The fourth-order valence-electron chi connectivity index (χ4n) is 2.26. The molecule has 22 heavy (non-hydrogen) atoms. The molecule has 3 rings (SSSR count). The predicted molar refractivity (Wildman–Crippen MR) is 86.6 cm³/mol. The summed E-state index contributed by atoms with van der Waals surface area (Å²) in [6.07, 6.45) is 1.76. The lowest BCUT2D eigenvalue weighted by Crippen LogP contribution is -2.18. The van der Waals surface area contributed by atoms with Gasteiger partial charge < -0.3 is 10.6 Å².